The van der Waals surface area contributed by atoms with E-state index in [1.165, 1.54) is 25.3 Å². The van der Waals surface area contributed by atoms with Crippen molar-refractivity contribution in [3.63, 3.8) is 0 Å². The van der Waals surface area contributed by atoms with Crippen LogP contribution in [0.4, 0.5) is 5.69 Å². The molecule has 1 heterocycles. The van der Waals surface area contributed by atoms with E-state index in [1.807, 2.05) is 0 Å². The van der Waals surface area contributed by atoms with Crippen LogP contribution in [0.5, 0.6) is 5.75 Å². The number of rotatable bonds is 5. The van der Waals surface area contributed by atoms with Crippen molar-refractivity contribution in [3.05, 3.63) is 64.0 Å². The fourth-order valence-corrected chi connectivity index (χ4v) is 1.88. The van der Waals surface area contributed by atoms with E-state index in [0.29, 0.717) is 0 Å². The number of carbonyl (C=O) groups excluding carboxylic acids is 1. The summed E-state index contributed by atoms with van der Waals surface area (Å²) in [5, 5.41) is 10.9. The third-order valence-corrected chi connectivity index (χ3v) is 2.81. The lowest BCUT2D eigenvalue weighted by Gasteiger charge is -2.07. The first-order valence-corrected chi connectivity index (χ1v) is 5.87. The largest absolute Gasteiger partial charge is 0.490 e. The van der Waals surface area contributed by atoms with Crippen LogP contribution in [0.1, 0.15) is 15.9 Å². The normalized spacial score (nSPS) is 10.1. The zero-order valence-electron chi connectivity index (χ0n) is 10.8. The second-order valence-corrected chi connectivity index (χ2v) is 4.07. The number of methoxy groups -OCH3 is 1. The van der Waals surface area contributed by atoms with Crippen molar-refractivity contribution in [1.82, 2.24) is 4.98 Å². The lowest BCUT2D eigenvalue weighted by molar-refractivity contribution is -0.385. The van der Waals surface area contributed by atoms with Gasteiger partial charge in [0.05, 0.1) is 17.6 Å². The van der Waals surface area contributed by atoms with E-state index in [0.717, 1.165) is 5.56 Å². The van der Waals surface area contributed by atoms with Crippen LogP contribution in [0.2, 0.25) is 0 Å². The molecule has 0 fully saturated rings. The highest BCUT2D eigenvalue weighted by Gasteiger charge is 2.22. The van der Waals surface area contributed by atoms with Crippen LogP contribution in [0.15, 0.2) is 42.7 Å². The van der Waals surface area contributed by atoms with E-state index >= 15 is 0 Å². The molecule has 102 valence electrons. The van der Waals surface area contributed by atoms with Crippen LogP contribution in [0.3, 0.4) is 0 Å². The number of nitro groups is 1. The van der Waals surface area contributed by atoms with E-state index in [2.05, 4.69) is 4.98 Å². The molecule has 0 spiro atoms. The number of pyridine rings is 1. The van der Waals surface area contributed by atoms with E-state index < -0.39 is 4.92 Å². The van der Waals surface area contributed by atoms with Crippen molar-refractivity contribution in [2.75, 3.05) is 7.11 Å². The van der Waals surface area contributed by atoms with Gasteiger partial charge in [-0.15, -0.1) is 0 Å². The molecule has 0 bridgehead atoms. The molecule has 2 aromatic rings. The van der Waals surface area contributed by atoms with Crippen LogP contribution >= 0.6 is 0 Å². The number of hydrogen-bond acceptors (Lipinski definition) is 5. The Morgan fingerprint density at radius 2 is 2.00 bits per heavy atom. The van der Waals surface area contributed by atoms with Gasteiger partial charge >= 0.3 is 5.69 Å². The summed E-state index contributed by atoms with van der Waals surface area (Å²) >= 11 is 0. The number of nitro benzene ring substituents is 1. The van der Waals surface area contributed by atoms with Gasteiger partial charge < -0.3 is 4.74 Å². The van der Waals surface area contributed by atoms with Gasteiger partial charge in [0.15, 0.2) is 5.78 Å². The molecule has 0 atom stereocenters. The summed E-state index contributed by atoms with van der Waals surface area (Å²) in [6.45, 7) is 0. The summed E-state index contributed by atoms with van der Waals surface area (Å²) in [5.41, 5.74) is 0.783. The number of ketones is 1. The van der Waals surface area contributed by atoms with Crippen molar-refractivity contribution in [3.8, 4) is 5.75 Å². The number of carbonyl (C=O) groups is 1. The molecule has 0 N–H and O–H groups in total. The van der Waals surface area contributed by atoms with Crippen molar-refractivity contribution >= 4 is 11.5 Å². The minimum atomic E-state index is -0.567. The van der Waals surface area contributed by atoms with Crippen LogP contribution in [-0.2, 0) is 6.42 Å². The zero-order chi connectivity index (χ0) is 14.5. The lowest BCUT2D eigenvalue weighted by atomic mass is 10.0. The van der Waals surface area contributed by atoms with E-state index in [4.69, 9.17) is 4.74 Å². The highest BCUT2D eigenvalue weighted by atomic mass is 16.6. The molecule has 0 unspecified atom stereocenters. The quantitative estimate of drug-likeness (QED) is 0.474. The number of Topliss-reactive ketones (excluding diaryl/α,β-unsaturated/α-hetero) is 1. The Bertz CT molecular complexity index is 641. The van der Waals surface area contributed by atoms with E-state index in [1.54, 1.807) is 24.5 Å². The highest BCUT2D eigenvalue weighted by Crippen LogP contribution is 2.31. The van der Waals surface area contributed by atoms with Gasteiger partial charge in [-0.1, -0.05) is 6.07 Å². The Morgan fingerprint density at radius 3 is 2.60 bits per heavy atom. The average molecular weight is 272 g/mol. The van der Waals surface area contributed by atoms with E-state index in [-0.39, 0.29) is 29.2 Å². The van der Waals surface area contributed by atoms with Gasteiger partial charge in [-0.3, -0.25) is 19.9 Å². The summed E-state index contributed by atoms with van der Waals surface area (Å²) in [6, 6.07) is 7.75. The summed E-state index contributed by atoms with van der Waals surface area (Å²) in [4.78, 5) is 26.5. The van der Waals surface area contributed by atoms with Gasteiger partial charge in [-0.05, 0) is 23.8 Å². The third-order valence-electron chi connectivity index (χ3n) is 2.81. The Balaban J connectivity index is 2.35. The highest BCUT2D eigenvalue weighted by molar-refractivity contribution is 6.01. The first-order chi connectivity index (χ1) is 9.63. The van der Waals surface area contributed by atoms with Gasteiger partial charge in [-0.25, -0.2) is 0 Å². The molecule has 2 rings (SSSR count). The summed E-state index contributed by atoms with van der Waals surface area (Å²) in [7, 11) is 1.31. The second-order valence-electron chi connectivity index (χ2n) is 4.07. The number of nitrogens with zero attached hydrogens (tertiary/aromatic N) is 2. The van der Waals surface area contributed by atoms with Crippen molar-refractivity contribution < 1.29 is 14.5 Å². The zero-order valence-corrected chi connectivity index (χ0v) is 10.8. The molecule has 0 saturated carbocycles. The summed E-state index contributed by atoms with van der Waals surface area (Å²) in [5.74, 6) is -0.242. The first kappa shape index (κ1) is 13.7. The summed E-state index contributed by atoms with van der Waals surface area (Å²) < 4.78 is 5.02. The molecule has 6 heteroatoms. The standard InChI is InChI=1S/C14H12N2O4/c1-20-14-11(3-2-4-12(14)16(18)19)13(17)9-10-5-7-15-8-6-10/h2-8H,9H2,1H3. The van der Waals surface area contributed by atoms with Gasteiger partial charge in [-0.2, -0.15) is 0 Å². The topological polar surface area (TPSA) is 82.3 Å². The fraction of sp³-hybridized carbons (Fsp3) is 0.143. The number of benzene rings is 1. The monoisotopic (exact) mass is 272 g/mol. The third kappa shape index (κ3) is 2.80. The van der Waals surface area contributed by atoms with Crippen LogP contribution in [-0.4, -0.2) is 22.8 Å². The second kappa shape index (κ2) is 5.92. The SMILES string of the molecule is COc1c(C(=O)Cc2ccncc2)cccc1[N+](=O)[O-]. The average Bonchev–Trinajstić information content (AvgIpc) is 2.47. The molecule has 1 aromatic carbocycles. The van der Waals surface area contributed by atoms with Crippen LogP contribution < -0.4 is 4.74 Å². The first-order valence-electron chi connectivity index (χ1n) is 5.87. The molecular formula is C14H12N2O4. The fourth-order valence-electron chi connectivity index (χ4n) is 1.88. The van der Waals surface area contributed by atoms with Crippen LogP contribution in [0.25, 0.3) is 0 Å². The van der Waals surface area contributed by atoms with Crippen molar-refractivity contribution in [2.24, 2.45) is 0 Å². The maximum absolute atomic E-state index is 12.2. The smallest absolute Gasteiger partial charge is 0.311 e. The molecule has 0 saturated heterocycles. The van der Waals surface area contributed by atoms with E-state index in [9.17, 15) is 14.9 Å². The molecule has 0 radical (unpaired) electrons. The molecule has 0 amide bonds. The number of hydrogen-bond donors (Lipinski definition) is 0. The minimum Gasteiger partial charge on any atom is -0.490 e. The lowest BCUT2D eigenvalue weighted by Crippen LogP contribution is -2.07. The summed E-state index contributed by atoms with van der Waals surface area (Å²) in [6.07, 6.45) is 3.32. The van der Waals surface area contributed by atoms with Crippen molar-refractivity contribution in [2.45, 2.75) is 6.42 Å². The molecule has 6 nitrogen and oxygen atoms in total. The Labute approximate surface area is 115 Å². The molecule has 0 aliphatic heterocycles. The molecule has 20 heavy (non-hydrogen) atoms. The van der Waals surface area contributed by atoms with Gasteiger partial charge in [0, 0.05) is 24.9 Å². The molecule has 0 aliphatic rings. The van der Waals surface area contributed by atoms with Gasteiger partial charge in [0.25, 0.3) is 0 Å². The minimum absolute atomic E-state index is 0.00319. The molecular weight excluding hydrogens is 260 g/mol. The number of para-hydroxylation sites is 1. The predicted molar refractivity (Wildman–Crippen MR) is 71.9 cm³/mol. The van der Waals surface area contributed by atoms with Crippen LogP contribution in [0, 0.1) is 10.1 Å². The van der Waals surface area contributed by atoms with Gasteiger partial charge in [0.1, 0.15) is 0 Å². The van der Waals surface area contributed by atoms with Gasteiger partial charge in [0.2, 0.25) is 5.75 Å². The molecule has 0 aliphatic carbocycles. The van der Waals surface area contributed by atoms with Crippen molar-refractivity contribution in [1.29, 1.82) is 0 Å². The number of aromatic nitrogens is 1. The number of ether oxygens (including phenoxy) is 1. The maximum atomic E-state index is 12.2. The maximum Gasteiger partial charge on any atom is 0.311 e. The Kier molecular flexibility index (Phi) is 4.05. The Hall–Kier alpha value is -2.76. The Morgan fingerprint density at radius 1 is 1.30 bits per heavy atom. The predicted octanol–water partition coefficient (Wildman–Crippen LogP) is 2.42. The molecule has 1 aromatic heterocycles.